The molecule has 5 nitrogen and oxygen atoms in total. The van der Waals surface area contributed by atoms with Gasteiger partial charge in [0.1, 0.15) is 12.4 Å². The highest BCUT2D eigenvalue weighted by atomic mass is 16.5. The average Bonchev–Trinajstić information content (AvgIpc) is 2.81. The van der Waals surface area contributed by atoms with Crippen LogP contribution >= 0.6 is 0 Å². The Kier molecular flexibility index (Phi) is 6.10. The molecule has 0 unspecified atom stereocenters. The van der Waals surface area contributed by atoms with Gasteiger partial charge in [0.05, 0.1) is 6.26 Å². The highest BCUT2D eigenvalue weighted by Gasteiger charge is 1.96. The molecule has 0 amide bonds. The van der Waals surface area contributed by atoms with E-state index in [4.69, 9.17) is 9.15 Å². The Morgan fingerprint density at radius 3 is 3.06 bits per heavy atom. The normalized spacial score (nSPS) is 11.5. The molecule has 0 aliphatic carbocycles. The van der Waals surface area contributed by atoms with E-state index in [-0.39, 0.29) is 0 Å². The van der Waals surface area contributed by atoms with E-state index < -0.39 is 0 Å². The first-order chi connectivity index (χ1) is 7.86. The van der Waals surface area contributed by atoms with Crippen molar-refractivity contribution in [2.24, 2.45) is 4.99 Å². The van der Waals surface area contributed by atoms with Gasteiger partial charge in [0.15, 0.2) is 5.96 Å². The van der Waals surface area contributed by atoms with Gasteiger partial charge in [0.25, 0.3) is 0 Å². The molecule has 90 valence electrons. The fourth-order valence-electron chi connectivity index (χ4n) is 1.23. The minimum Gasteiger partial charge on any atom is -0.467 e. The molecule has 1 rings (SSSR count). The fraction of sp³-hybridized carbons (Fsp3) is 0.545. The molecular formula is C11H19N3O2. The van der Waals surface area contributed by atoms with E-state index in [1.165, 1.54) is 0 Å². The Morgan fingerprint density at radius 1 is 1.56 bits per heavy atom. The maximum absolute atomic E-state index is 5.43. The quantitative estimate of drug-likeness (QED) is 0.430. The zero-order chi connectivity index (χ0) is 11.6. The van der Waals surface area contributed by atoms with Gasteiger partial charge in [-0.25, -0.2) is 0 Å². The second kappa shape index (κ2) is 7.76. The lowest BCUT2D eigenvalue weighted by atomic mass is 10.4. The summed E-state index contributed by atoms with van der Waals surface area (Å²) in [4.78, 5) is 4.00. The van der Waals surface area contributed by atoms with E-state index >= 15 is 0 Å². The van der Waals surface area contributed by atoms with Crippen molar-refractivity contribution in [3.05, 3.63) is 24.2 Å². The van der Waals surface area contributed by atoms with Crippen LogP contribution in [0.1, 0.15) is 12.2 Å². The second-order valence-corrected chi connectivity index (χ2v) is 3.23. The van der Waals surface area contributed by atoms with Crippen molar-refractivity contribution < 1.29 is 9.15 Å². The average molecular weight is 225 g/mol. The van der Waals surface area contributed by atoms with Crippen molar-refractivity contribution in [1.82, 2.24) is 10.6 Å². The van der Waals surface area contributed by atoms with Gasteiger partial charge >= 0.3 is 0 Å². The molecule has 1 heterocycles. The molecule has 0 bridgehead atoms. The van der Waals surface area contributed by atoms with Gasteiger partial charge in [-0.1, -0.05) is 0 Å². The summed E-state index contributed by atoms with van der Waals surface area (Å²) < 4.78 is 10.6. The lowest BCUT2D eigenvalue weighted by Gasteiger charge is -2.08. The number of guanidine groups is 1. The Hall–Kier alpha value is -1.49. The van der Waals surface area contributed by atoms with Gasteiger partial charge in [-0.15, -0.1) is 0 Å². The number of rotatable bonds is 6. The van der Waals surface area contributed by atoms with Crippen molar-refractivity contribution >= 4 is 5.96 Å². The van der Waals surface area contributed by atoms with Gasteiger partial charge in [-0.05, 0) is 18.6 Å². The van der Waals surface area contributed by atoms with E-state index in [9.17, 15) is 0 Å². The summed E-state index contributed by atoms with van der Waals surface area (Å²) in [5.74, 6) is 1.66. The molecular weight excluding hydrogens is 206 g/mol. The minimum atomic E-state index is 0.535. The first kappa shape index (κ1) is 12.6. The SMILES string of the molecule is CN=C(NC)NCCCOCc1ccco1. The van der Waals surface area contributed by atoms with E-state index in [2.05, 4.69) is 15.6 Å². The Bertz CT molecular complexity index is 296. The maximum atomic E-state index is 5.43. The van der Waals surface area contributed by atoms with E-state index in [1.807, 2.05) is 19.2 Å². The predicted molar refractivity (Wildman–Crippen MR) is 63.4 cm³/mol. The third-order valence-electron chi connectivity index (χ3n) is 2.04. The molecule has 0 atom stereocenters. The predicted octanol–water partition coefficient (Wildman–Crippen LogP) is 0.981. The van der Waals surface area contributed by atoms with Crippen LogP contribution in [0.4, 0.5) is 0 Å². The largest absolute Gasteiger partial charge is 0.467 e. The van der Waals surface area contributed by atoms with Crippen LogP contribution in [0.15, 0.2) is 27.8 Å². The topological polar surface area (TPSA) is 58.8 Å². The van der Waals surface area contributed by atoms with Crippen molar-refractivity contribution in [2.75, 3.05) is 27.2 Å². The summed E-state index contributed by atoms with van der Waals surface area (Å²) in [5.41, 5.74) is 0. The van der Waals surface area contributed by atoms with E-state index in [1.54, 1.807) is 13.3 Å². The summed E-state index contributed by atoms with van der Waals surface area (Å²) in [7, 11) is 3.58. The molecule has 1 aromatic rings. The zero-order valence-corrected chi connectivity index (χ0v) is 9.82. The first-order valence-electron chi connectivity index (χ1n) is 5.35. The number of aliphatic imine (C=N–C) groups is 1. The number of furan rings is 1. The molecule has 0 saturated heterocycles. The summed E-state index contributed by atoms with van der Waals surface area (Å²) >= 11 is 0. The van der Waals surface area contributed by atoms with Gasteiger partial charge in [-0.3, -0.25) is 4.99 Å². The molecule has 0 radical (unpaired) electrons. The number of hydrogen-bond donors (Lipinski definition) is 2. The van der Waals surface area contributed by atoms with Crippen molar-refractivity contribution in [3.63, 3.8) is 0 Å². The molecule has 2 N–H and O–H groups in total. The summed E-state index contributed by atoms with van der Waals surface area (Å²) in [5, 5.41) is 6.10. The molecule has 16 heavy (non-hydrogen) atoms. The maximum Gasteiger partial charge on any atom is 0.190 e. The highest BCUT2D eigenvalue weighted by molar-refractivity contribution is 5.79. The van der Waals surface area contributed by atoms with Crippen LogP contribution in [0, 0.1) is 0 Å². The molecule has 5 heteroatoms. The number of ether oxygens (including phenoxy) is 1. The first-order valence-corrected chi connectivity index (χ1v) is 5.35. The third-order valence-corrected chi connectivity index (χ3v) is 2.04. The molecule has 1 aromatic heterocycles. The second-order valence-electron chi connectivity index (χ2n) is 3.23. The number of hydrogen-bond acceptors (Lipinski definition) is 3. The molecule has 0 saturated carbocycles. The van der Waals surface area contributed by atoms with Crippen LogP contribution in [0.5, 0.6) is 0 Å². The van der Waals surface area contributed by atoms with E-state index in [0.29, 0.717) is 13.2 Å². The Balaban J connectivity index is 1.96. The molecule has 0 spiro atoms. The summed E-state index contributed by atoms with van der Waals surface area (Å²) in [6, 6.07) is 3.76. The van der Waals surface area contributed by atoms with Crippen LogP contribution in [-0.4, -0.2) is 33.2 Å². The Morgan fingerprint density at radius 2 is 2.44 bits per heavy atom. The summed E-state index contributed by atoms with van der Waals surface area (Å²) in [6.45, 7) is 2.08. The smallest absolute Gasteiger partial charge is 0.190 e. The van der Waals surface area contributed by atoms with Gasteiger partial charge in [-0.2, -0.15) is 0 Å². The lowest BCUT2D eigenvalue weighted by Crippen LogP contribution is -2.35. The summed E-state index contributed by atoms with van der Waals surface area (Å²) in [6.07, 6.45) is 2.58. The fourth-order valence-corrected chi connectivity index (χ4v) is 1.23. The molecule has 0 aliphatic rings. The van der Waals surface area contributed by atoms with E-state index in [0.717, 1.165) is 24.7 Å². The van der Waals surface area contributed by atoms with Gasteiger partial charge in [0, 0.05) is 27.2 Å². The third kappa shape index (κ3) is 4.84. The van der Waals surface area contributed by atoms with Gasteiger partial charge in [0.2, 0.25) is 0 Å². The van der Waals surface area contributed by atoms with Crippen LogP contribution in [-0.2, 0) is 11.3 Å². The van der Waals surface area contributed by atoms with Crippen LogP contribution in [0.25, 0.3) is 0 Å². The molecule has 0 fully saturated rings. The van der Waals surface area contributed by atoms with Crippen molar-refractivity contribution in [3.8, 4) is 0 Å². The lowest BCUT2D eigenvalue weighted by molar-refractivity contribution is 0.105. The zero-order valence-electron chi connectivity index (χ0n) is 9.82. The van der Waals surface area contributed by atoms with Gasteiger partial charge < -0.3 is 19.8 Å². The number of nitrogens with zero attached hydrogens (tertiary/aromatic N) is 1. The Labute approximate surface area is 95.9 Å². The standard InChI is InChI=1S/C11H19N3O2/c1-12-11(13-2)14-6-4-7-15-9-10-5-3-8-16-10/h3,5,8H,4,6-7,9H2,1-2H3,(H2,12,13,14). The molecule has 0 aliphatic heterocycles. The minimum absolute atomic E-state index is 0.535. The van der Waals surface area contributed by atoms with Crippen LogP contribution < -0.4 is 10.6 Å². The van der Waals surface area contributed by atoms with Crippen molar-refractivity contribution in [2.45, 2.75) is 13.0 Å². The van der Waals surface area contributed by atoms with Crippen LogP contribution in [0.3, 0.4) is 0 Å². The highest BCUT2D eigenvalue weighted by Crippen LogP contribution is 2.01. The molecule has 0 aromatic carbocycles. The van der Waals surface area contributed by atoms with Crippen molar-refractivity contribution in [1.29, 1.82) is 0 Å². The monoisotopic (exact) mass is 225 g/mol. The van der Waals surface area contributed by atoms with Crippen LogP contribution in [0.2, 0.25) is 0 Å². The number of nitrogens with one attached hydrogen (secondary N) is 2.